The summed E-state index contributed by atoms with van der Waals surface area (Å²) in [5, 5.41) is 16.5. The van der Waals surface area contributed by atoms with Crippen molar-refractivity contribution in [1.29, 1.82) is 5.26 Å². The average molecular weight is 410 g/mol. The smallest absolute Gasteiger partial charge is 0.334 e. The highest BCUT2D eigenvalue weighted by atomic mass is 16.6. The molecule has 3 aromatic heterocycles. The largest absolute Gasteiger partial charge is 0.458 e. The van der Waals surface area contributed by atoms with Gasteiger partial charge in [0.15, 0.2) is 11.2 Å². The Morgan fingerprint density at radius 2 is 1.93 bits per heavy atom. The Balaban J connectivity index is 2.15. The van der Waals surface area contributed by atoms with Crippen LogP contribution < -0.4 is 5.56 Å². The van der Waals surface area contributed by atoms with Crippen LogP contribution >= 0.6 is 0 Å². The van der Waals surface area contributed by atoms with E-state index in [2.05, 4.69) is 15.2 Å². The highest BCUT2D eigenvalue weighted by molar-refractivity contribution is 5.78. The van der Waals surface area contributed by atoms with E-state index >= 15 is 0 Å². The molecular formula is C21H26N6O3. The van der Waals surface area contributed by atoms with E-state index in [1.165, 1.54) is 15.4 Å². The van der Waals surface area contributed by atoms with Crippen molar-refractivity contribution >= 4 is 11.6 Å². The van der Waals surface area contributed by atoms with Gasteiger partial charge in [-0.25, -0.2) is 14.3 Å². The second-order valence-corrected chi connectivity index (χ2v) is 9.03. The van der Waals surface area contributed by atoms with Crippen molar-refractivity contribution in [1.82, 2.24) is 24.4 Å². The minimum absolute atomic E-state index is 0.118. The van der Waals surface area contributed by atoms with Crippen molar-refractivity contribution in [3.05, 3.63) is 40.1 Å². The van der Waals surface area contributed by atoms with Crippen molar-refractivity contribution in [2.45, 2.75) is 65.5 Å². The number of rotatable bonds is 4. The number of carbonyl (C=O) groups excluding carboxylic acids is 1. The summed E-state index contributed by atoms with van der Waals surface area (Å²) in [6.07, 6.45) is 4.69. The van der Waals surface area contributed by atoms with Gasteiger partial charge >= 0.3 is 5.97 Å². The molecule has 0 aliphatic carbocycles. The maximum absolute atomic E-state index is 13.0. The highest BCUT2D eigenvalue weighted by Crippen LogP contribution is 2.28. The third-order valence-corrected chi connectivity index (χ3v) is 4.72. The molecule has 0 fully saturated rings. The second-order valence-electron chi connectivity index (χ2n) is 9.03. The van der Waals surface area contributed by atoms with Gasteiger partial charge in [0.05, 0.1) is 11.9 Å². The first-order valence-corrected chi connectivity index (χ1v) is 9.70. The van der Waals surface area contributed by atoms with E-state index < -0.39 is 17.1 Å². The van der Waals surface area contributed by atoms with Crippen molar-refractivity contribution in [3.63, 3.8) is 0 Å². The Bertz CT molecular complexity index is 1210. The third-order valence-electron chi connectivity index (χ3n) is 4.72. The molecule has 0 radical (unpaired) electrons. The van der Waals surface area contributed by atoms with Gasteiger partial charge in [-0.1, -0.05) is 13.8 Å². The number of aromatic amines is 1. The predicted octanol–water partition coefficient (Wildman–Crippen LogP) is 2.96. The molecule has 0 aliphatic heterocycles. The van der Waals surface area contributed by atoms with Gasteiger partial charge < -0.3 is 4.74 Å². The van der Waals surface area contributed by atoms with Crippen LogP contribution in [-0.2, 0) is 15.1 Å². The number of fused-ring (bicyclic) bond motifs is 1. The zero-order chi connectivity index (χ0) is 22.4. The SMILES string of the molecule is CC(C)c1c(-c2cnn(C(C)(C)C(=O)OC(C)(C)C)c2)nc2c(C#N)c[nH]n2c1=O. The molecule has 30 heavy (non-hydrogen) atoms. The molecular weight excluding hydrogens is 384 g/mol. The molecule has 0 unspecified atom stereocenters. The minimum Gasteiger partial charge on any atom is -0.458 e. The molecule has 0 aromatic carbocycles. The molecule has 3 heterocycles. The van der Waals surface area contributed by atoms with E-state index in [1.54, 1.807) is 47.0 Å². The number of hydrogen-bond donors (Lipinski definition) is 1. The standard InChI is InChI=1S/C21H26N6O3/c1-12(2)15-16(25-17-13(8-22)9-24-27(17)18(15)28)14-10-23-26(11-14)21(6,7)19(29)30-20(3,4)5/h9-12,24H,1-7H3. The van der Waals surface area contributed by atoms with Crippen LogP contribution in [0.4, 0.5) is 0 Å². The number of nitrogens with zero attached hydrogens (tertiary/aromatic N) is 5. The Kier molecular flexibility index (Phi) is 5.06. The van der Waals surface area contributed by atoms with Gasteiger partial charge in [-0.2, -0.15) is 10.4 Å². The Morgan fingerprint density at radius 3 is 2.50 bits per heavy atom. The van der Waals surface area contributed by atoms with E-state index in [-0.39, 0.29) is 22.7 Å². The van der Waals surface area contributed by atoms with Gasteiger partial charge in [-0.3, -0.25) is 14.6 Å². The maximum Gasteiger partial charge on any atom is 0.334 e. The molecule has 0 spiro atoms. The molecule has 0 aliphatic rings. The van der Waals surface area contributed by atoms with Crippen LogP contribution in [0.3, 0.4) is 0 Å². The lowest BCUT2D eigenvalue weighted by Gasteiger charge is -2.28. The van der Waals surface area contributed by atoms with Crippen molar-refractivity contribution in [2.24, 2.45) is 0 Å². The van der Waals surface area contributed by atoms with E-state index in [4.69, 9.17) is 4.74 Å². The summed E-state index contributed by atoms with van der Waals surface area (Å²) >= 11 is 0. The number of aromatic nitrogens is 5. The molecule has 3 rings (SSSR count). The van der Waals surface area contributed by atoms with E-state index in [0.717, 1.165) is 0 Å². The molecule has 0 amide bonds. The van der Waals surface area contributed by atoms with Gasteiger partial charge in [0, 0.05) is 23.5 Å². The zero-order valence-electron chi connectivity index (χ0n) is 18.3. The lowest BCUT2D eigenvalue weighted by molar-refractivity contribution is -0.164. The summed E-state index contributed by atoms with van der Waals surface area (Å²) in [5.41, 5.74) is 0.0788. The molecule has 158 valence electrons. The zero-order valence-corrected chi connectivity index (χ0v) is 18.3. The first kappa shape index (κ1) is 21.3. The minimum atomic E-state index is -1.06. The monoisotopic (exact) mass is 410 g/mol. The Morgan fingerprint density at radius 1 is 1.27 bits per heavy atom. The number of hydrogen-bond acceptors (Lipinski definition) is 6. The fourth-order valence-corrected chi connectivity index (χ4v) is 3.10. The van der Waals surface area contributed by atoms with Gasteiger partial charge in [-0.15, -0.1) is 0 Å². The summed E-state index contributed by atoms with van der Waals surface area (Å²) < 4.78 is 8.30. The molecule has 3 aromatic rings. The Labute approximate surface area is 174 Å². The lowest BCUT2D eigenvalue weighted by Crippen LogP contribution is -2.41. The fourth-order valence-electron chi connectivity index (χ4n) is 3.10. The van der Waals surface area contributed by atoms with Gasteiger partial charge in [0.25, 0.3) is 5.56 Å². The molecule has 0 bridgehead atoms. The number of nitrogens with one attached hydrogen (secondary N) is 1. The Hall–Kier alpha value is -3.41. The molecule has 0 atom stereocenters. The van der Waals surface area contributed by atoms with Gasteiger partial charge in [-0.05, 0) is 40.5 Å². The van der Waals surface area contributed by atoms with Gasteiger partial charge in [0.2, 0.25) is 0 Å². The van der Waals surface area contributed by atoms with Crippen LogP contribution in [0, 0.1) is 11.3 Å². The summed E-state index contributed by atoms with van der Waals surface area (Å²) in [7, 11) is 0. The molecule has 0 saturated carbocycles. The molecule has 1 N–H and O–H groups in total. The highest BCUT2D eigenvalue weighted by Gasteiger charge is 2.35. The number of esters is 1. The van der Waals surface area contributed by atoms with Crippen LogP contribution in [0.25, 0.3) is 16.9 Å². The summed E-state index contributed by atoms with van der Waals surface area (Å²) in [6, 6.07) is 2.04. The average Bonchev–Trinajstić information content (AvgIpc) is 3.27. The van der Waals surface area contributed by atoms with Crippen LogP contribution in [0.5, 0.6) is 0 Å². The third kappa shape index (κ3) is 3.61. The van der Waals surface area contributed by atoms with E-state index in [0.29, 0.717) is 16.8 Å². The normalized spacial score (nSPS) is 12.4. The molecule has 9 heteroatoms. The quantitative estimate of drug-likeness (QED) is 0.661. The number of H-pyrrole nitrogens is 1. The first-order valence-electron chi connectivity index (χ1n) is 9.70. The first-order chi connectivity index (χ1) is 13.9. The van der Waals surface area contributed by atoms with Crippen molar-refractivity contribution in [2.75, 3.05) is 0 Å². The van der Waals surface area contributed by atoms with Crippen LogP contribution in [0.2, 0.25) is 0 Å². The van der Waals surface area contributed by atoms with Crippen LogP contribution in [0.1, 0.15) is 65.5 Å². The van der Waals surface area contributed by atoms with Crippen molar-refractivity contribution < 1.29 is 9.53 Å². The maximum atomic E-state index is 13.0. The van der Waals surface area contributed by atoms with Crippen LogP contribution in [0.15, 0.2) is 23.4 Å². The number of ether oxygens (including phenoxy) is 1. The summed E-state index contributed by atoms with van der Waals surface area (Å²) in [5.74, 6) is -0.539. The topological polar surface area (TPSA) is 118 Å². The van der Waals surface area contributed by atoms with E-state index in [9.17, 15) is 14.9 Å². The van der Waals surface area contributed by atoms with Gasteiger partial charge in [0.1, 0.15) is 17.2 Å². The summed E-state index contributed by atoms with van der Waals surface area (Å²) in [4.78, 5) is 30.3. The van der Waals surface area contributed by atoms with E-state index in [1.807, 2.05) is 19.9 Å². The molecule has 0 saturated heterocycles. The number of nitriles is 1. The van der Waals surface area contributed by atoms with Crippen molar-refractivity contribution in [3.8, 4) is 17.3 Å². The fraction of sp³-hybridized carbons (Fsp3) is 0.476. The second kappa shape index (κ2) is 7.13. The molecule has 9 nitrogen and oxygen atoms in total. The summed E-state index contributed by atoms with van der Waals surface area (Å²) in [6.45, 7) is 12.6. The van der Waals surface area contributed by atoms with Crippen LogP contribution in [-0.4, -0.2) is 35.9 Å². The number of carbonyl (C=O) groups is 1. The lowest BCUT2D eigenvalue weighted by atomic mass is 9.99. The predicted molar refractivity (Wildman–Crippen MR) is 111 cm³/mol.